The zero-order valence-electron chi connectivity index (χ0n) is 13.1. The van der Waals surface area contributed by atoms with Gasteiger partial charge in [-0.25, -0.2) is 0 Å². The van der Waals surface area contributed by atoms with Crippen molar-refractivity contribution in [2.24, 2.45) is 5.92 Å². The number of anilines is 3. The number of benzene rings is 2. The third kappa shape index (κ3) is 3.30. The normalized spacial score (nSPS) is 14.3. The summed E-state index contributed by atoms with van der Waals surface area (Å²) in [6.07, 6.45) is 3.23. The van der Waals surface area contributed by atoms with Crippen molar-refractivity contribution in [1.29, 1.82) is 0 Å². The molecule has 3 rings (SSSR count). The fraction of sp³-hybridized carbons (Fsp3) is 0.316. The van der Waals surface area contributed by atoms with Gasteiger partial charge in [-0.15, -0.1) is 0 Å². The van der Waals surface area contributed by atoms with Gasteiger partial charge >= 0.3 is 0 Å². The van der Waals surface area contributed by atoms with Crippen LogP contribution in [0.1, 0.15) is 30.4 Å². The Balaban J connectivity index is 1.66. The average molecular weight is 294 g/mol. The predicted molar refractivity (Wildman–Crippen MR) is 91.6 cm³/mol. The van der Waals surface area contributed by atoms with Crippen LogP contribution in [-0.4, -0.2) is 5.91 Å². The minimum Gasteiger partial charge on any atom is -0.355 e. The molecule has 2 aromatic carbocycles. The number of amides is 1. The highest BCUT2D eigenvalue weighted by atomic mass is 16.1. The Morgan fingerprint density at radius 2 is 1.68 bits per heavy atom. The lowest BCUT2D eigenvalue weighted by atomic mass is 9.85. The molecule has 0 aliphatic heterocycles. The lowest BCUT2D eigenvalue weighted by Crippen LogP contribution is -2.27. The zero-order chi connectivity index (χ0) is 15.5. The third-order valence-electron chi connectivity index (χ3n) is 4.30. The minimum atomic E-state index is 0.154. The molecule has 3 nitrogen and oxygen atoms in total. The second-order valence-electron chi connectivity index (χ2n) is 6.14. The molecule has 1 aliphatic carbocycles. The van der Waals surface area contributed by atoms with Crippen LogP contribution in [-0.2, 0) is 4.79 Å². The number of rotatable bonds is 4. The molecule has 1 amide bonds. The first-order chi connectivity index (χ1) is 10.6. The van der Waals surface area contributed by atoms with E-state index in [1.165, 1.54) is 17.5 Å². The quantitative estimate of drug-likeness (QED) is 0.851. The van der Waals surface area contributed by atoms with Gasteiger partial charge in [-0.05, 0) is 68.1 Å². The van der Waals surface area contributed by atoms with Crippen molar-refractivity contribution in [2.45, 2.75) is 33.1 Å². The molecule has 1 saturated carbocycles. The summed E-state index contributed by atoms with van der Waals surface area (Å²) in [5.74, 6) is 0.370. The van der Waals surface area contributed by atoms with Gasteiger partial charge in [-0.1, -0.05) is 18.6 Å². The standard InChI is InChI=1S/C19H22N2O/c1-13-6-7-14(2)18(12-13)20-16-8-10-17(11-9-16)21-19(22)15-4-3-5-15/h6-12,15,20H,3-5H2,1-2H3,(H,21,22). The first-order valence-electron chi connectivity index (χ1n) is 7.87. The number of carbonyl (C=O) groups excluding carboxylic acids is 1. The van der Waals surface area contributed by atoms with Crippen molar-refractivity contribution in [3.63, 3.8) is 0 Å². The second kappa shape index (κ2) is 6.22. The van der Waals surface area contributed by atoms with Crippen LogP contribution in [0.4, 0.5) is 17.1 Å². The Labute approximate surface area is 131 Å². The Bertz CT molecular complexity index is 672. The van der Waals surface area contributed by atoms with E-state index in [9.17, 15) is 4.79 Å². The van der Waals surface area contributed by atoms with Gasteiger partial charge in [-0.3, -0.25) is 4.79 Å². The van der Waals surface area contributed by atoms with Gasteiger partial charge in [0.05, 0.1) is 0 Å². The molecule has 0 heterocycles. The van der Waals surface area contributed by atoms with Gasteiger partial charge in [0.15, 0.2) is 0 Å². The van der Waals surface area contributed by atoms with Crippen LogP contribution in [0.25, 0.3) is 0 Å². The smallest absolute Gasteiger partial charge is 0.227 e. The SMILES string of the molecule is Cc1ccc(C)c(Nc2ccc(NC(=O)C3CCC3)cc2)c1. The minimum absolute atomic E-state index is 0.154. The van der Waals surface area contributed by atoms with Gasteiger partial charge in [-0.2, -0.15) is 0 Å². The van der Waals surface area contributed by atoms with Crippen LogP contribution in [0, 0.1) is 19.8 Å². The number of carbonyl (C=O) groups is 1. The van der Waals surface area contributed by atoms with Crippen molar-refractivity contribution in [3.05, 3.63) is 53.6 Å². The Morgan fingerprint density at radius 1 is 1.00 bits per heavy atom. The number of nitrogens with one attached hydrogen (secondary N) is 2. The Hall–Kier alpha value is -2.29. The zero-order valence-corrected chi connectivity index (χ0v) is 13.1. The molecule has 2 N–H and O–H groups in total. The fourth-order valence-corrected chi connectivity index (χ4v) is 2.58. The van der Waals surface area contributed by atoms with Crippen LogP contribution in [0.5, 0.6) is 0 Å². The maximum atomic E-state index is 11.9. The summed E-state index contributed by atoms with van der Waals surface area (Å²) in [6.45, 7) is 4.18. The lowest BCUT2D eigenvalue weighted by molar-refractivity contribution is -0.122. The van der Waals surface area contributed by atoms with Crippen LogP contribution in [0.2, 0.25) is 0 Å². The summed E-state index contributed by atoms with van der Waals surface area (Å²) in [7, 11) is 0. The molecule has 0 spiro atoms. The van der Waals surface area contributed by atoms with Crippen LogP contribution < -0.4 is 10.6 Å². The molecule has 114 valence electrons. The maximum Gasteiger partial charge on any atom is 0.227 e. The van der Waals surface area contributed by atoms with E-state index in [1.54, 1.807) is 0 Å². The third-order valence-corrected chi connectivity index (χ3v) is 4.30. The van der Waals surface area contributed by atoms with E-state index >= 15 is 0 Å². The molecule has 22 heavy (non-hydrogen) atoms. The molecule has 1 aliphatic rings. The first kappa shape index (κ1) is 14.6. The highest BCUT2D eigenvalue weighted by molar-refractivity contribution is 5.93. The van der Waals surface area contributed by atoms with E-state index in [4.69, 9.17) is 0 Å². The summed E-state index contributed by atoms with van der Waals surface area (Å²) in [5, 5.41) is 6.41. The molecule has 0 saturated heterocycles. The van der Waals surface area contributed by atoms with Gasteiger partial charge in [0.1, 0.15) is 0 Å². The fourth-order valence-electron chi connectivity index (χ4n) is 2.58. The van der Waals surface area contributed by atoms with Gasteiger partial charge < -0.3 is 10.6 Å². The number of hydrogen-bond donors (Lipinski definition) is 2. The summed E-state index contributed by atoms with van der Waals surface area (Å²) in [6, 6.07) is 14.3. The van der Waals surface area contributed by atoms with Crippen molar-refractivity contribution in [3.8, 4) is 0 Å². The molecule has 2 aromatic rings. The molecule has 0 atom stereocenters. The van der Waals surface area contributed by atoms with Crippen molar-refractivity contribution < 1.29 is 4.79 Å². The lowest BCUT2D eigenvalue weighted by Gasteiger charge is -2.24. The van der Waals surface area contributed by atoms with Crippen LogP contribution in [0.3, 0.4) is 0 Å². The van der Waals surface area contributed by atoms with Gasteiger partial charge in [0.25, 0.3) is 0 Å². The highest BCUT2D eigenvalue weighted by Gasteiger charge is 2.24. The van der Waals surface area contributed by atoms with Crippen molar-refractivity contribution >= 4 is 23.0 Å². The van der Waals surface area contributed by atoms with E-state index in [-0.39, 0.29) is 11.8 Å². The Morgan fingerprint density at radius 3 is 2.32 bits per heavy atom. The topological polar surface area (TPSA) is 41.1 Å². The first-order valence-corrected chi connectivity index (χ1v) is 7.87. The number of aryl methyl sites for hydroxylation is 2. The second-order valence-corrected chi connectivity index (χ2v) is 6.14. The van der Waals surface area contributed by atoms with Crippen LogP contribution in [0.15, 0.2) is 42.5 Å². The summed E-state index contributed by atoms with van der Waals surface area (Å²) in [4.78, 5) is 11.9. The number of hydrogen-bond acceptors (Lipinski definition) is 2. The molecule has 0 unspecified atom stereocenters. The molecule has 0 aromatic heterocycles. The maximum absolute atomic E-state index is 11.9. The molecular weight excluding hydrogens is 272 g/mol. The van der Waals surface area contributed by atoms with Gasteiger partial charge in [0, 0.05) is 23.0 Å². The Kier molecular flexibility index (Phi) is 4.14. The summed E-state index contributed by atoms with van der Waals surface area (Å²) in [5.41, 5.74) is 5.45. The molecular formula is C19H22N2O. The van der Waals surface area contributed by atoms with Crippen molar-refractivity contribution in [2.75, 3.05) is 10.6 Å². The van der Waals surface area contributed by atoms with E-state index in [0.717, 1.165) is 29.9 Å². The van der Waals surface area contributed by atoms with Gasteiger partial charge in [0.2, 0.25) is 5.91 Å². The van der Waals surface area contributed by atoms with Crippen LogP contribution >= 0.6 is 0 Å². The largest absolute Gasteiger partial charge is 0.355 e. The monoisotopic (exact) mass is 294 g/mol. The molecule has 0 radical (unpaired) electrons. The summed E-state index contributed by atoms with van der Waals surface area (Å²) < 4.78 is 0. The highest BCUT2D eigenvalue weighted by Crippen LogP contribution is 2.28. The summed E-state index contributed by atoms with van der Waals surface area (Å²) >= 11 is 0. The van der Waals surface area contributed by atoms with E-state index in [2.05, 4.69) is 42.7 Å². The van der Waals surface area contributed by atoms with E-state index < -0.39 is 0 Å². The average Bonchev–Trinajstić information content (AvgIpc) is 2.43. The van der Waals surface area contributed by atoms with E-state index in [0.29, 0.717) is 0 Å². The van der Waals surface area contributed by atoms with Crippen molar-refractivity contribution in [1.82, 2.24) is 0 Å². The van der Waals surface area contributed by atoms with E-state index in [1.807, 2.05) is 24.3 Å². The predicted octanol–water partition coefficient (Wildman–Crippen LogP) is 4.79. The molecule has 1 fully saturated rings. The molecule has 0 bridgehead atoms. The molecule has 3 heteroatoms.